The van der Waals surface area contributed by atoms with Crippen LogP contribution in [0, 0.1) is 0 Å². The molecular formula is C14H11BrClN2-. The van der Waals surface area contributed by atoms with Crippen LogP contribution in [0.25, 0.3) is 11.0 Å². The number of aromatic nitrogens is 2. The molecule has 0 unspecified atom stereocenters. The van der Waals surface area contributed by atoms with Crippen molar-refractivity contribution in [3.63, 3.8) is 0 Å². The van der Waals surface area contributed by atoms with Gasteiger partial charge in [0.2, 0.25) is 0 Å². The van der Waals surface area contributed by atoms with Crippen molar-refractivity contribution in [2.24, 2.45) is 0 Å². The van der Waals surface area contributed by atoms with Crippen LogP contribution in [0.15, 0.2) is 59.3 Å². The first-order valence-corrected chi connectivity index (χ1v) is 6.28. The lowest BCUT2D eigenvalue weighted by atomic mass is 10.2. The number of nitrogens with zero attached hydrogens (tertiary/aromatic N) is 2. The predicted molar refractivity (Wildman–Crippen MR) is 73.0 cm³/mol. The third-order valence-corrected chi connectivity index (χ3v) is 3.40. The Morgan fingerprint density at radius 1 is 0.944 bits per heavy atom. The summed E-state index contributed by atoms with van der Waals surface area (Å²) >= 11 is 3.52. The van der Waals surface area contributed by atoms with Crippen LogP contribution in [0.2, 0.25) is 0 Å². The van der Waals surface area contributed by atoms with Crippen LogP contribution < -0.4 is 12.4 Å². The van der Waals surface area contributed by atoms with E-state index < -0.39 is 0 Å². The lowest BCUT2D eigenvalue weighted by Crippen LogP contribution is -3.00. The van der Waals surface area contributed by atoms with Gasteiger partial charge in [0.25, 0.3) is 0 Å². The number of para-hydroxylation sites is 2. The standard InChI is InChI=1S/C14H11BrN2.ClH/c15-14-16-12-8-4-5-9-13(12)17(14)10-11-6-2-1-3-7-11;/h1-9H,10H2;1H/p-1. The van der Waals surface area contributed by atoms with Gasteiger partial charge in [-0.25, -0.2) is 4.98 Å². The van der Waals surface area contributed by atoms with Crippen molar-refractivity contribution in [1.29, 1.82) is 0 Å². The maximum atomic E-state index is 4.49. The van der Waals surface area contributed by atoms with Crippen LogP contribution in [0.5, 0.6) is 0 Å². The molecule has 3 rings (SSSR count). The monoisotopic (exact) mass is 321 g/mol. The van der Waals surface area contributed by atoms with Gasteiger partial charge < -0.3 is 17.0 Å². The summed E-state index contributed by atoms with van der Waals surface area (Å²) in [5, 5.41) is 0. The summed E-state index contributed by atoms with van der Waals surface area (Å²) in [6.07, 6.45) is 0. The van der Waals surface area contributed by atoms with E-state index >= 15 is 0 Å². The molecule has 2 aromatic carbocycles. The Morgan fingerprint density at radius 2 is 1.61 bits per heavy atom. The number of imidazole rings is 1. The average Bonchev–Trinajstić information content (AvgIpc) is 2.68. The van der Waals surface area contributed by atoms with Gasteiger partial charge in [0.15, 0.2) is 4.73 Å². The van der Waals surface area contributed by atoms with E-state index in [0.717, 1.165) is 22.3 Å². The fraction of sp³-hybridized carbons (Fsp3) is 0.0714. The first-order valence-electron chi connectivity index (χ1n) is 5.49. The van der Waals surface area contributed by atoms with E-state index in [4.69, 9.17) is 0 Å². The summed E-state index contributed by atoms with van der Waals surface area (Å²) in [5.74, 6) is 0. The minimum absolute atomic E-state index is 0. The summed E-state index contributed by atoms with van der Waals surface area (Å²) in [6.45, 7) is 0.835. The van der Waals surface area contributed by atoms with Crippen LogP contribution in [0.4, 0.5) is 0 Å². The maximum absolute atomic E-state index is 4.49. The Hall–Kier alpha value is -1.32. The van der Waals surface area contributed by atoms with Gasteiger partial charge in [-0.2, -0.15) is 0 Å². The molecule has 0 amide bonds. The van der Waals surface area contributed by atoms with Crippen molar-refractivity contribution >= 4 is 27.0 Å². The second-order valence-corrected chi connectivity index (χ2v) is 4.65. The zero-order valence-electron chi connectivity index (χ0n) is 9.55. The molecule has 0 bridgehead atoms. The number of benzene rings is 2. The molecule has 0 radical (unpaired) electrons. The molecule has 0 fully saturated rings. The normalized spacial score (nSPS) is 10.3. The van der Waals surface area contributed by atoms with Gasteiger partial charge in [-0.15, -0.1) is 0 Å². The smallest absolute Gasteiger partial charge is 0.178 e. The Kier molecular flexibility index (Phi) is 4.04. The van der Waals surface area contributed by atoms with E-state index in [0.29, 0.717) is 0 Å². The highest BCUT2D eigenvalue weighted by atomic mass is 79.9. The molecular weight excluding hydrogens is 312 g/mol. The van der Waals surface area contributed by atoms with Crippen molar-refractivity contribution in [1.82, 2.24) is 9.55 Å². The van der Waals surface area contributed by atoms with Crippen LogP contribution in [0.1, 0.15) is 5.56 Å². The molecule has 2 nitrogen and oxygen atoms in total. The first-order chi connectivity index (χ1) is 8.34. The molecule has 92 valence electrons. The van der Waals surface area contributed by atoms with Gasteiger partial charge in [-0.3, -0.25) is 0 Å². The van der Waals surface area contributed by atoms with Crippen molar-refractivity contribution in [2.45, 2.75) is 6.54 Å². The van der Waals surface area contributed by atoms with Crippen LogP contribution >= 0.6 is 15.9 Å². The highest BCUT2D eigenvalue weighted by Gasteiger charge is 2.07. The first kappa shape index (κ1) is 13.1. The van der Waals surface area contributed by atoms with E-state index in [1.165, 1.54) is 5.56 Å². The summed E-state index contributed by atoms with van der Waals surface area (Å²) in [7, 11) is 0. The highest BCUT2D eigenvalue weighted by Crippen LogP contribution is 2.21. The molecule has 0 spiro atoms. The van der Waals surface area contributed by atoms with E-state index in [9.17, 15) is 0 Å². The second-order valence-electron chi connectivity index (χ2n) is 3.94. The Bertz CT molecular complexity index is 649. The topological polar surface area (TPSA) is 17.8 Å². The van der Waals surface area contributed by atoms with Crippen molar-refractivity contribution < 1.29 is 12.4 Å². The molecule has 0 aliphatic rings. The summed E-state index contributed by atoms with van der Waals surface area (Å²) < 4.78 is 3.05. The minimum atomic E-state index is 0. The van der Waals surface area contributed by atoms with Crippen LogP contribution in [-0.2, 0) is 6.54 Å². The number of fused-ring (bicyclic) bond motifs is 1. The molecule has 1 heterocycles. The second kappa shape index (κ2) is 5.55. The van der Waals surface area contributed by atoms with Crippen molar-refractivity contribution in [3.05, 3.63) is 64.9 Å². The average molecular weight is 323 g/mol. The van der Waals surface area contributed by atoms with E-state index in [1.807, 2.05) is 24.3 Å². The molecule has 4 heteroatoms. The number of hydrogen-bond donors (Lipinski definition) is 0. The van der Waals surface area contributed by atoms with Gasteiger partial charge in [-0.1, -0.05) is 42.5 Å². The van der Waals surface area contributed by atoms with E-state index in [2.05, 4.69) is 55.8 Å². The third kappa shape index (κ3) is 2.42. The van der Waals surface area contributed by atoms with Crippen molar-refractivity contribution in [2.75, 3.05) is 0 Å². The largest absolute Gasteiger partial charge is 1.00 e. The van der Waals surface area contributed by atoms with Crippen molar-refractivity contribution in [3.8, 4) is 0 Å². The quantitative estimate of drug-likeness (QED) is 0.684. The van der Waals surface area contributed by atoms with E-state index in [1.54, 1.807) is 0 Å². The van der Waals surface area contributed by atoms with Crippen LogP contribution in [0.3, 0.4) is 0 Å². The predicted octanol–water partition coefficient (Wildman–Crippen LogP) is 0.851. The summed E-state index contributed by atoms with van der Waals surface area (Å²) in [4.78, 5) is 4.49. The highest BCUT2D eigenvalue weighted by molar-refractivity contribution is 9.10. The summed E-state index contributed by atoms with van der Waals surface area (Å²) in [6, 6.07) is 18.6. The molecule has 0 saturated carbocycles. The molecule has 0 atom stereocenters. The molecule has 0 aliphatic heterocycles. The number of rotatable bonds is 2. The number of hydrogen-bond acceptors (Lipinski definition) is 1. The maximum Gasteiger partial charge on any atom is 0.178 e. The summed E-state index contributed by atoms with van der Waals surface area (Å²) in [5.41, 5.74) is 3.45. The van der Waals surface area contributed by atoms with Gasteiger partial charge >= 0.3 is 0 Å². The zero-order valence-corrected chi connectivity index (χ0v) is 11.9. The lowest BCUT2D eigenvalue weighted by molar-refractivity contribution is -0.00000330. The Morgan fingerprint density at radius 3 is 2.39 bits per heavy atom. The minimum Gasteiger partial charge on any atom is -1.00 e. The number of halogens is 2. The fourth-order valence-electron chi connectivity index (χ4n) is 1.96. The lowest BCUT2D eigenvalue weighted by Gasteiger charge is -2.05. The molecule has 3 aromatic rings. The van der Waals surface area contributed by atoms with Gasteiger partial charge in [0.05, 0.1) is 17.6 Å². The molecule has 0 aliphatic carbocycles. The Labute approximate surface area is 120 Å². The van der Waals surface area contributed by atoms with Gasteiger partial charge in [0, 0.05) is 0 Å². The van der Waals surface area contributed by atoms with Crippen LogP contribution in [-0.4, -0.2) is 9.55 Å². The molecule has 0 saturated heterocycles. The van der Waals surface area contributed by atoms with Gasteiger partial charge in [-0.05, 0) is 33.6 Å². The molecule has 18 heavy (non-hydrogen) atoms. The SMILES string of the molecule is Brc1nc2ccccc2n1Cc1ccccc1.[Cl-]. The van der Waals surface area contributed by atoms with Gasteiger partial charge in [0.1, 0.15) is 0 Å². The molecule has 0 N–H and O–H groups in total. The zero-order chi connectivity index (χ0) is 11.7. The van der Waals surface area contributed by atoms with E-state index in [-0.39, 0.29) is 12.4 Å². The molecule has 1 aromatic heterocycles. The third-order valence-electron chi connectivity index (χ3n) is 2.79. The fourth-order valence-corrected chi connectivity index (χ4v) is 2.47. The Balaban J connectivity index is 0.00000120.